The fourth-order valence-corrected chi connectivity index (χ4v) is 1.63. The van der Waals surface area contributed by atoms with Crippen molar-refractivity contribution >= 4 is 11.8 Å². The van der Waals surface area contributed by atoms with E-state index >= 15 is 0 Å². The first-order valence-corrected chi connectivity index (χ1v) is 6.38. The van der Waals surface area contributed by atoms with Gasteiger partial charge in [-0.25, -0.2) is 0 Å². The van der Waals surface area contributed by atoms with Gasteiger partial charge in [0.2, 0.25) is 5.91 Å². The van der Waals surface area contributed by atoms with Gasteiger partial charge in [-0.05, 0) is 18.6 Å². The summed E-state index contributed by atoms with van der Waals surface area (Å²) < 4.78 is 4.95. The summed E-state index contributed by atoms with van der Waals surface area (Å²) in [6.45, 7) is 2.48. The summed E-state index contributed by atoms with van der Waals surface area (Å²) in [4.78, 5) is 24.9. The highest BCUT2D eigenvalue weighted by molar-refractivity contribution is 5.98. The third kappa shape index (κ3) is 4.15. The van der Waals surface area contributed by atoms with Crippen LogP contribution in [0.2, 0.25) is 0 Å². The maximum atomic E-state index is 12.1. The molecular formula is C14H20N2O4. The number of phenolic OH excluding ortho intramolecular Hbond substituents is 1. The molecule has 1 aromatic carbocycles. The highest BCUT2D eigenvalue weighted by atomic mass is 16.5. The minimum Gasteiger partial charge on any atom is -0.507 e. The highest BCUT2D eigenvalue weighted by Gasteiger charge is 2.18. The van der Waals surface area contributed by atoms with Gasteiger partial charge in [0, 0.05) is 19.7 Å². The molecule has 6 heteroatoms. The normalized spacial score (nSPS) is 9.95. The highest BCUT2D eigenvalue weighted by Crippen LogP contribution is 2.24. The van der Waals surface area contributed by atoms with E-state index in [2.05, 4.69) is 5.32 Å². The smallest absolute Gasteiger partial charge is 0.257 e. The molecule has 0 aliphatic heterocycles. The van der Waals surface area contributed by atoms with Gasteiger partial charge >= 0.3 is 0 Å². The second-order valence-corrected chi connectivity index (χ2v) is 4.39. The van der Waals surface area contributed by atoms with Gasteiger partial charge in [-0.3, -0.25) is 9.59 Å². The van der Waals surface area contributed by atoms with Crippen LogP contribution in [0.25, 0.3) is 0 Å². The van der Waals surface area contributed by atoms with E-state index in [0.717, 1.165) is 6.42 Å². The molecule has 0 bridgehead atoms. The molecule has 0 aromatic heterocycles. The van der Waals surface area contributed by atoms with Crippen molar-refractivity contribution < 1.29 is 19.4 Å². The molecule has 2 N–H and O–H groups in total. The molecule has 0 fully saturated rings. The molecular weight excluding hydrogens is 260 g/mol. The van der Waals surface area contributed by atoms with Gasteiger partial charge in [-0.15, -0.1) is 0 Å². The Balaban J connectivity index is 2.71. The van der Waals surface area contributed by atoms with Crippen molar-refractivity contribution in [2.75, 3.05) is 27.2 Å². The Kier molecular flexibility index (Phi) is 5.83. The molecule has 20 heavy (non-hydrogen) atoms. The number of rotatable bonds is 6. The fraction of sp³-hybridized carbons (Fsp3) is 0.429. The Hall–Kier alpha value is -2.24. The Bertz CT molecular complexity index is 488. The van der Waals surface area contributed by atoms with Crippen molar-refractivity contribution in [3.63, 3.8) is 0 Å². The number of aromatic hydroxyl groups is 1. The number of hydrogen-bond acceptors (Lipinski definition) is 4. The molecule has 0 saturated heterocycles. The summed E-state index contributed by atoms with van der Waals surface area (Å²) >= 11 is 0. The first kappa shape index (κ1) is 15.8. The van der Waals surface area contributed by atoms with Crippen LogP contribution in [0.3, 0.4) is 0 Å². The molecule has 0 atom stereocenters. The first-order chi connectivity index (χ1) is 9.49. The third-order valence-corrected chi connectivity index (χ3v) is 2.73. The summed E-state index contributed by atoms with van der Waals surface area (Å²) in [6, 6.07) is 4.41. The van der Waals surface area contributed by atoms with Crippen molar-refractivity contribution in [2.45, 2.75) is 13.3 Å². The third-order valence-electron chi connectivity index (χ3n) is 2.73. The van der Waals surface area contributed by atoms with E-state index in [1.165, 1.54) is 31.2 Å². The Labute approximate surface area is 118 Å². The van der Waals surface area contributed by atoms with E-state index in [0.29, 0.717) is 12.3 Å². The lowest BCUT2D eigenvalue weighted by Crippen LogP contribution is -2.38. The topological polar surface area (TPSA) is 78.9 Å². The van der Waals surface area contributed by atoms with E-state index in [-0.39, 0.29) is 23.8 Å². The quantitative estimate of drug-likeness (QED) is 0.814. The zero-order valence-corrected chi connectivity index (χ0v) is 12.0. The summed E-state index contributed by atoms with van der Waals surface area (Å²) in [6.07, 6.45) is 0.836. The van der Waals surface area contributed by atoms with Crippen molar-refractivity contribution in [3.8, 4) is 11.5 Å². The summed E-state index contributed by atoms with van der Waals surface area (Å²) in [5.74, 6) is -0.356. The molecule has 1 aromatic rings. The standard InChI is InChI=1S/C14H20N2O4/c1-4-7-15-13(18)9-16(2)14(19)11-6-5-10(20-3)8-12(11)17/h5-6,8,17H,4,7,9H2,1-3H3,(H,15,18). The van der Waals surface area contributed by atoms with Crippen LogP contribution >= 0.6 is 0 Å². The molecule has 0 saturated carbocycles. The number of phenols is 1. The average molecular weight is 280 g/mol. The SMILES string of the molecule is CCCNC(=O)CN(C)C(=O)c1ccc(OC)cc1O. The minimum atomic E-state index is -0.420. The van der Waals surface area contributed by atoms with Crippen LogP contribution in [0, 0.1) is 0 Å². The summed E-state index contributed by atoms with van der Waals surface area (Å²) in [5, 5.41) is 12.5. The van der Waals surface area contributed by atoms with Crippen molar-refractivity contribution in [1.82, 2.24) is 10.2 Å². The molecule has 0 spiro atoms. The minimum absolute atomic E-state index is 0.0513. The van der Waals surface area contributed by atoms with Gasteiger partial charge in [0.25, 0.3) is 5.91 Å². The molecule has 110 valence electrons. The predicted molar refractivity (Wildman–Crippen MR) is 74.9 cm³/mol. The number of methoxy groups -OCH3 is 1. The zero-order valence-electron chi connectivity index (χ0n) is 12.0. The van der Waals surface area contributed by atoms with Crippen LogP contribution in [-0.2, 0) is 4.79 Å². The zero-order chi connectivity index (χ0) is 15.1. The number of benzene rings is 1. The molecule has 0 unspecified atom stereocenters. The molecule has 0 heterocycles. The number of carbonyl (C=O) groups is 2. The van der Waals surface area contributed by atoms with Gasteiger partial charge in [-0.1, -0.05) is 6.92 Å². The number of ether oxygens (including phenoxy) is 1. The van der Waals surface area contributed by atoms with E-state index in [9.17, 15) is 14.7 Å². The van der Waals surface area contributed by atoms with E-state index in [1.54, 1.807) is 6.07 Å². The molecule has 1 rings (SSSR count). The van der Waals surface area contributed by atoms with Crippen LogP contribution in [0.4, 0.5) is 0 Å². The van der Waals surface area contributed by atoms with E-state index in [4.69, 9.17) is 4.74 Å². The van der Waals surface area contributed by atoms with Gasteiger partial charge in [0.05, 0.1) is 19.2 Å². The summed E-state index contributed by atoms with van der Waals surface area (Å²) in [7, 11) is 2.98. The van der Waals surface area contributed by atoms with Gasteiger partial charge in [0.1, 0.15) is 11.5 Å². The van der Waals surface area contributed by atoms with Gasteiger partial charge < -0.3 is 20.1 Å². The summed E-state index contributed by atoms with van der Waals surface area (Å²) in [5.41, 5.74) is 0.136. The number of amides is 2. The van der Waals surface area contributed by atoms with Crippen molar-refractivity contribution in [2.24, 2.45) is 0 Å². The van der Waals surface area contributed by atoms with Gasteiger partial charge in [-0.2, -0.15) is 0 Å². The van der Waals surface area contributed by atoms with Crippen LogP contribution in [0.15, 0.2) is 18.2 Å². The molecule has 0 aliphatic carbocycles. The second kappa shape index (κ2) is 7.37. The molecule has 6 nitrogen and oxygen atoms in total. The average Bonchev–Trinajstić information content (AvgIpc) is 2.44. The van der Waals surface area contributed by atoms with E-state index < -0.39 is 5.91 Å². The van der Waals surface area contributed by atoms with Crippen molar-refractivity contribution in [1.29, 1.82) is 0 Å². The first-order valence-electron chi connectivity index (χ1n) is 6.38. The largest absolute Gasteiger partial charge is 0.507 e. The maximum absolute atomic E-state index is 12.1. The van der Waals surface area contributed by atoms with Crippen molar-refractivity contribution in [3.05, 3.63) is 23.8 Å². The lowest BCUT2D eigenvalue weighted by atomic mass is 10.1. The second-order valence-electron chi connectivity index (χ2n) is 4.39. The Morgan fingerprint density at radius 2 is 2.10 bits per heavy atom. The lowest BCUT2D eigenvalue weighted by Gasteiger charge is -2.17. The van der Waals surface area contributed by atoms with Gasteiger partial charge in [0.15, 0.2) is 0 Å². The number of likely N-dealkylation sites (N-methyl/N-ethyl adjacent to an activating group) is 1. The maximum Gasteiger partial charge on any atom is 0.257 e. The number of hydrogen-bond donors (Lipinski definition) is 2. The molecule has 0 radical (unpaired) electrons. The number of nitrogens with one attached hydrogen (secondary N) is 1. The van der Waals surface area contributed by atoms with Crippen LogP contribution in [0.1, 0.15) is 23.7 Å². The Morgan fingerprint density at radius 3 is 2.65 bits per heavy atom. The van der Waals surface area contributed by atoms with Crippen LogP contribution in [0.5, 0.6) is 11.5 Å². The number of nitrogens with zero attached hydrogens (tertiary/aromatic N) is 1. The van der Waals surface area contributed by atoms with E-state index in [1.807, 2.05) is 6.92 Å². The van der Waals surface area contributed by atoms with Crippen LogP contribution in [-0.4, -0.2) is 49.1 Å². The molecule has 0 aliphatic rings. The predicted octanol–water partition coefficient (Wildman–Crippen LogP) is 0.999. The van der Waals surface area contributed by atoms with Crippen LogP contribution < -0.4 is 10.1 Å². The molecule has 2 amide bonds. The lowest BCUT2D eigenvalue weighted by molar-refractivity contribution is -0.121. The Morgan fingerprint density at radius 1 is 1.40 bits per heavy atom. The fourth-order valence-electron chi connectivity index (χ4n) is 1.63. The monoisotopic (exact) mass is 280 g/mol. The number of carbonyl (C=O) groups excluding carboxylic acids is 2.